The first-order valence-corrected chi connectivity index (χ1v) is 11.5. The Morgan fingerprint density at radius 3 is 2.93 bits per heavy atom. The molecule has 0 saturated heterocycles. The van der Waals surface area contributed by atoms with Gasteiger partial charge in [0.1, 0.15) is 11.3 Å². The van der Waals surface area contributed by atoms with E-state index in [0.717, 1.165) is 30.8 Å². The molecule has 1 N–H and O–H groups in total. The average molecular weight is 386 g/mol. The van der Waals surface area contributed by atoms with Crippen LogP contribution in [0.4, 0.5) is 5.69 Å². The van der Waals surface area contributed by atoms with Crippen LogP contribution in [0.25, 0.3) is 11.0 Å². The maximum absolute atomic E-state index is 6.21. The lowest BCUT2D eigenvalue weighted by molar-refractivity contribution is 0.166. The molecule has 1 fully saturated rings. The van der Waals surface area contributed by atoms with Crippen molar-refractivity contribution in [3.63, 3.8) is 0 Å². The summed E-state index contributed by atoms with van der Waals surface area (Å²) in [6, 6.07) is 6.49. The van der Waals surface area contributed by atoms with Crippen LogP contribution in [0.2, 0.25) is 0 Å². The predicted octanol–water partition coefficient (Wildman–Crippen LogP) is 7.18. The summed E-state index contributed by atoms with van der Waals surface area (Å²) in [5, 5.41) is 5.15. The van der Waals surface area contributed by atoms with Gasteiger partial charge in [-0.05, 0) is 74.0 Å². The smallest absolute Gasteiger partial charge is 0.136 e. The number of benzene rings is 1. The maximum atomic E-state index is 6.21. The van der Waals surface area contributed by atoms with Crippen molar-refractivity contribution in [1.29, 1.82) is 0 Å². The van der Waals surface area contributed by atoms with Crippen molar-refractivity contribution < 1.29 is 4.42 Å². The van der Waals surface area contributed by atoms with Crippen LogP contribution in [-0.2, 0) is 12.8 Å². The molecule has 0 aliphatic heterocycles. The van der Waals surface area contributed by atoms with Crippen molar-refractivity contribution in [3.05, 3.63) is 65.1 Å². The standard InChI is InChI=1S/C27H31NO/c1-27(2)21-10-5-3-8-18(21)19-15-14-17(16-22(19)27)28-23-11-7-13-25-26(23)20-9-4-6-12-24(20)29-25/h3,7-8,11,13-15,18,21-22,28H,4-6,9-10,12,16H2,1-2H3. The third-order valence-corrected chi connectivity index (χ3v) is 8.24. The fraction of sp³-hybridized carbons (Fsp3) is 0.481. The van der Waals surface area contributed by atoms with E-state index in [1.165, 1.54) is 53.8 Å². The zero-order valence-corrected chi connectivity index (χ0v) is 17.6. The monoisotopic (exact) mass is 385 g/mol. The van der Waals surface area contributed by atoms with Gasteiger partial charge in [-0.15, -0.1) is 0 Å². The van der Waals surface area contributed by atoms with Gasteiger partial charge in [0.15, 0.2) is 0 Å². The van der Waals surface area contributed by atoms with Crippen LogP contribution in [0.1, 0.15) is 57.3 Å². The third kappa shape index (κ3) is 2.61. The van der Waals surface area contributed by atoms with Gasteiger partial charge in [-0.25, -0.2) is 0 Å². The van der Waals surface area contributed by atoms with E-state index in [9.17, 15) is 0 Å². The first kappa shape index (κ1) is 17.6. The minimum absolute atomic E-state index is 0.364. The lowest BCUT2D eigenvalue weighted by atomic mass is 9.70. The minimum Gasteiger partial charge on any atom is -0.461 e. The fourth-order valence-electron chi connectivity index (χ4n) is 6.71. The van der Waals surface area contributed by atoms with Crippen LogP contribution in [0, 0.1) is 23.2 Å². The molecule has 4 aliphatic rings. The molecule has 29 heavy (non-hydrogen) atoms. The van der Waals surface area contributed by atoms with Gasteiger partial charge in [0, 0.05) is 34.7 Å². The summed E-state index contributed by atoms with van der Waals surface area (Å²) in [5.74, 6) is 3.31. The number of hydrogen-bond donors (Lipinski definition) is 1. The number of furan rings is 1. The van der Waals surface area contributed by atoms with Gasteiger partial charge in [-0.2, -0.15) is 0 Å². The van der Waals surface area contributed by atoms with E-state index in [1.54, 1.807) is 5.57 Å². The summed E-state index contributed by atoms with van der Waals surface area (Å²) in [7, 11) is 0. The lowest BCUT2D eigenvalue weighted by Crippen LogP contribution is -2.28. The van der Waals surface area contributed by atoms with Gasteiger partial charge in [0.25, 0.3) is 0 Å². The number of fused-ring (bicyclic) bond motifs is 6. The third-order valence-electron chi connectivity index (χ3n) is 8.24. The highest BCUT2D eigenvalue weighted by Crippen LogP contribution is 2.60. The normalized spacial score (nSPS) is 29.7. The number of anilines is 1. The number of hydrogen-bond acceptors (Lipinski definition) is 2. The predicted molar refractivity (Wildman–Crippen MR) is 120 cm³/mol. The summed E-state index contributed by atoms with van der Waals surface area (Å²) in [5.41, 5.74) is 7.11. The number of aryl methyl sites for hydroxylation is 2. The molecular formula is C27H31NO. The molecule has 1 heterocycles. The van der Waals surface area contributed by atoms with Crippen molar-refractivity contribution in [2.24, 2.45) is 23.2 Å². The van der Waals surface area contributed by atoms with Crippen molar-refractivity contribution in [1.82, 2.24) is 0 Å². The van der Waals surface area contributed by atoms with E-state index in [-0.39, 0.29) is 0 Å². The van der Waals surface area contributed by atoms with Crippen molar-refractivity contribution in [2.45, 2.75) is 58.8 Å². The van der Waals surface area contributed by atoms with E-state index in [2.05, 4.69) is 61.7 Å². The summed E-state index contributed by atoms with van der Waals surface area (Å²) in [6.45, 7) is 5.01. The molecule has 2 heteroatoms. The summed E-state index contributed by atoms with van der Waals surface area (Å²) in [6.07, 6.45) is 18.1. The molecule has 3 atom stereocenters. The van der Waals surface area contributed by atoms with Crippen LogP contribution < -0.4 is 5.32 Å². The average Bonchev–Trinajstić information content (AvgIpc) is 3.23. The molecule has 6 rings (SSSR count). The van der Waals surface area contributed by atoms with Crippen LogP contribution >= 0.6 is 0 Å². The Kier molecular flexibility index (Phi) is 3.88. The first-order valence-electron chi connectivity index (χ1n) is 11.5. The van der Waals surface area contributed by atoms with Crippen molar-refractivity contribution >= 4 is 16.7 Å². The van der Waals surface area contributed by atoms with Crippen molar-refractivity contribution in [2.75, 3.05) is 5.32 Å². The van der Waals surface area contributed by atoms with Crippen LogP contribution in [0.3, 0.4) is 0 Å². The molecular weight excluding hydrogens is 354 g/mol. The molecule has 0 radical (unpaired) electrons. The Bertz CT molecular complexity index is 1060. The zero-order valence-electron chi connectivity index (χ0n) is 17.6. The minimum atomic E-state index is 0.364. The Labute approximate surface area is 173 Å². The van der Waals surface area contributed by atoms with E-state index < -0.39 is 0 Å². The van der Waals surface area contributed by atoms with E-state index in [0.29, 0.717) is 17.3 Å². The van der Waals surface area contributed by atoms with Crippen LogP contribution in [-0.4, -0.2) is 0 Å². The van der Waals surface area contributed by atoms with Crippen molar-refractivity contribution in [3.8, 4) is 0 Å². The topological polar surface area (TPSA) is 25.2 Å². The number of rotatable bonds is 2. The molecule has 1 aromatic carbocycles. The second kappa shape index (κ2) is 6.39. The summed E-state index contributed by atoms with van der Waals surface area (Å²) < 4.78 is 6.21. The molecule has 2 aromatic rings. The quantitative estimate of drug-likeness (QED) is 0.554. The Hall–Kier alpha value is -2.22. The Balaban J connectivity index is 1.35. The molecule has 150 valence electrons. The van der Waals surface area contributed by atoms with Crippen LogP contribution in [0.15, 0.2) is 58.2 Å². The van der Waals surface area contributed by atoms with E-state index in [1.807, 2.05) is 0 Å². The van der Waals surface area contributed by atoms with Gasteiger partial charge in [-0.3, -0.25) is 0 Å². The Morgan fingerprint density at radius 1 is 1.10 bits per heavy atom. The number of nitrogens with one attached hydrogen (secondary N) is 1. The highest BCUT2D eigenvalue weighted by molar-refractivity contribution is 5.95. The van der Waals surface area contributed by atoms with Gasteiger partial charge < -0.3 is 9.73 Å². The van der Waals surface area contributed by atoms with E-state index >= 15 is 0 Å². The molecule has 1 saturated carbocycles. The van der Waals surface area contributed by atoms with Crippen LogP contribution in [0.5, 0.6) is 0 Å². The zero-order chi connectivity index (χ0) is 19.6. The molecule has 0 amide bonds. The first-order chi connectivity index (χ1) is 14.1. The second-order valence-electron chi connectivity index (χ2n) is 10.1. The molecule has 1 aromatic heterocycles. The number of allylic oxidation sites excluding steroid dienone is 6. The van der Waals surface area contributed by atoms with Gasteiger partial charge >= 0.3 is 0 Å². The second-order valence-corrected chi connectivity index (χ2v) is 10.1. The molecule has 4 aliphatic carbocycles. The van der Waals surface area contributed by atoms with Gasteiger partial charge in [0.2, 0.25) is 0 Å². The largest absolute Gasteiger partial charge is 0.461 e. The fourth-order valence-corrected chi connectivity index (χ4v) is 6.71. The molecule has 0 spiro atoms. The van der Waals surface area contributed by atoms with E-state index in [4.69, 9.17) is 4.42 Å². The maximum Gasteiger partial charge on any atom is 0.136 e. The molecule has 0 bridgehead atoms. The Morgan fingerprint density at radius 2 is 2.00 bits per heavy atom. The summed E-state index contributed by atoms with van der Waals surface area (Å²) in [4.78, 5) is 0. The lowest BCUT2D eigenvalue weighted by Gasteiger charge is -2.35. The van der Waals surface area contributed by atoms with Gasteiger partial charge in [0.05, 0.1) is 0 Å². The summed E-state index contributed by atoms with van der Waals surface area (Å²) >= 11 is 0. The molecule has 3 unspecified atom stereocenters. The van der Waals surface area contributed by atoms with Gasteiger partial charge in [-0.1, -0.05) is 43.7 Å². The SMILES string of the molecule is CC1(C)C2CC(Nc3cccc4oc5c(c34)CCCC5)=CC=C2C2C=CCCC21. The molecule has 2 nitrogen and oxygen atoms in total. The highest BCUT2D eigenvalue weighted by atomic mass is 16.3. The highest BCUT2D eigenvalue weighted by Gasteiger charge is 2.51.